The molecule has 69 heteroatoms. The molecule has 0 rings (SSSR count). The molecule has 0 spiro atoms. The summed E-state index contributed by atoms with van der Waals surface area (Å²) in [4.78, 5) is 121. The molecule has 734 valence electrons. The molecule has 0 aliphatic carbocycles. The fraction of sp³-hybridized carbons (Fsp3) is 0.778. The van der Waals surface area contributed by atoms with Gasteiger partial charge in [-0.3, -0.25) is 77.6 Å². The topological polar surface area (TPSA) is 445 Å². The van der Waals surface area contributed by atoms with Crippen molar-refractivity contribution in [3.05, 3.63) is 0 Å². The van der Waals surface area contributed by atoms with Gasteiger partial charge in [-0.05, 0) is 32.1 Å². The first-order valence-electron chi connectivity index (χ1n) is 31.5. The number of alkyl halides is 36. The van der Waals surface area contributed by atoms with Crippen LogP contribution in [0, 0.1) is 0 Å². The normalized spacial score (nSPS) is 12.4. The van der Waals surface area contributed by atoms with E-state index < -0.39 is 210 Å². The number of carbonyl (C=O) groups excluding carboxylic acids is 12. The van der Waals surface area contributed by atoms with E-state index in [1.807, 2.05) is 0 Å². The lowest BCUT2D eigenvalue weighted by atomic mass is 10.1. The van der Waals surface area contributed by atoms with Crippen LogP contribution < -0.4 is 50.8 Å². The highest BCUT2D eigenvalue weighted by Crippen LogP contribution is 2.54. The first-order chi connectivity index (χ1) is 53.9. The zero-order chi connectivity index (χ0) is 101. The summed E-state index contributed by atoms with van der Waals surface area (Å²) in [7, 11) is -20.1. The maximum absolute atomic E-state index is 12.8. The summed E-state index contributed by atoms with van der Waals surface area (Å²) in [5, 5.41) is 4.82. The molecule has 0 bridgehead atoms. The van der Waals surface area contributed by atoms with Crippen molar-refractivity contribution in [1.82, 2.24) is 50.8 Å². The van der Waals surface area contributed by atoms with Gasteiger partial charge in [-0.25, -0.2) is 22.1 Å². The Hall–Kier alpha value is -8.48. The van der Waals surface area contributed by atoms with Crippen LogP contribution in [0.5, 0.6) is 0 Å². The zero-order valence-corrected chi connectivity index (χ0v) is 67.2. The summed E-state index contributed by atoms with van der Waals surface area (Å²) in [6.45, 7) is 9.55. The Labute approximate surface area is 674 Å². The Morgan fingerprint density at radius 3 is 0.813 bits per heavy atom. The van der Waals surface area contributed by atoms with E-state index in [0.717, 1.165) is 76.8 Å². The van der Waals surface area contributed by atoms with Gasteiger partial charge in [-0.2, -0.15) is 175 Å². The van der Waals surface area contributed by atoms with Gasteiger partial charge < -0.3 is 21.3 Å². The lowest BCUT2D eigenvalue weighted by Crippen LogP contribution is -2.65. The van der Waals surface area contributed by atoms with Gasteiger partial charge in [-0.1, -0.05) is 32.1 Å². The van der Waals surface area contributed by atoms with Crippen molar-refractivity contribution in [3.8, 4) is 0 Å². The van der Waals surface area contributed by atoms with Crippen molar-refractivity contribution in [1.29, 1.82) is 0 Å². The van der Waals surface area contributed by atoms with Crippen LogP contribution in [0.25, 0.3) is 0 Å². The van der Waals surface area contributed by atoms with Crippen LogP contribution in [-0.4, -0.2) is 210 Å². The molecule has 10 N–H and O–H groups in total. The van der Waals surface area contributed by atoms with Crippen molar-refractivity contribution < 1.29 is 245 Å². The molecule has 1 unspecified atom stereocenters. The van der Waals surface area contributed by atoms with E-state index in [0.29, 0.717) is 32.9 Å². The number of imide groups is 2. The van der Waals surface area contributed by atoms with Gasteiger partial charge in [0.05, 0.1) is 0 Å². The molecule has 0 aromatic heterocycles. The number of sulfonamides is 3. The molecule has 123 heavy (non-hydrogen) atoms. The molecule has 1 atom stereocenters. The Morgan fingerprint density at radius 2 is 0.602 bits per heavy atom. The number of nitrogens with one attached hydrogen (secondary N) is 10. The second-order valence-electron chi connectivity index (χ2n) is 22.3. The van der Waals surface area contributed by atoms with E-state index >= 15 is 0 Å². The molecule has 0 aromatic carbocycles. The van der Waals surface area contributed by atoms with E-state index in [4.69, 9.17) is 0 Å². The SMILES string of the molecule is CC(=O)NC(=O)C(F)(F)F.CC(=O)NC(=O)CC(F)(F)F.CC(=O)NCC(F)(F)F.CC(=O)NCCCC(F)(F)F.CC(=O)NCCCCCCC(F)(F)F.CC(=O)NCCCCCCCC(F)(F)F.CC(=O)NS(=O)(=O)C(F)(F)C(F)(F)C(F)(F)C(F)(F)F.CC(=O)NS(=O)(=O)C(F)(F)F.CC(=O)NS(=O)(=O)CC(F)(F)F.CC(=O)NS(=O)C(F)(F)F. The summed E-state index contributed by atoms with van der Waals surface area (Å²) in [6.07, 6.45) is -36.3. The van der Waals surface area contributed by atoms with Crippen LogP contribution in [0.3, 0.4) is 0 Å². The van der Waals surface area contributed by atoms with Gasteiger partial charge in [0, 0.05) is 108 Å². The predicted molar refractivity (Wildman–Crippen MR) is 347 cm³/mol. The van der Waals surface area contributed by atoms with Crippen molar-refractivity contribution in [2.24, 2.45) is 0 Å². The lowest BCUT2D eigenvalue weighted by molar-refractivity contribution is -0.382. The first kappa shape index (κ1) is 135. The van der Waals surface area contributed by atoms with Crippen molar-refractivity contribution in [2.75, 3.05) is 31.9 Å². The Morgan fingerprint density at radius 1 is 0.301 bits per heavy atom. The molecular formula is C54H78F36N10O19S4. The van der Waals surface area contributed by atoms with Crippen LogP contribution in [-0.2, 0) is 98.6 Å². The molecule has 0 saturated carbocycles. The number of unbranched alkanes of at least 4 members (excludes halogenated alkanes) is 7. The maximum Gasteiger partial charge on any atom is 0.516 e. The van der Waals surface area contributed by atoms with E-state index in [-0.39, 0.29) is 55.2 Å². The van der Waals surface area contributed by atoms with Gasteiger partial charge in [0.15, 0.2) is 5.75 Å². The average Bonchev–Trinajstić information content (AvgIpc) is 0.723. The molecule has 29 nitrogen and oxygen atoms in total. The van der Waals surface area contributed by atoms with Gasteiger partial charge in [0.25, 0.3) is 0 Å². The highest BCUT2D eigenvalue weighted by molar-refractivity contribution is 7.91. The molecule has 12 amide bonds. The fourth-order valence-corrected chi connectivity index (χ4v) is 8.22. The number of halogens is 36. The summed E-state index contributed by atoms with van der Waals surface area (Å²) in [5.41, 5.74) is -10.3. The summed E-state index contributed by atoms with van der Waals surface area (Å²) >= 11 is 0. The van der Waals surface area contributed by atoms with Gasteiger partial charge >= 0.3 is 103 Å². The van der Waals surface area contributed by atoms with Crippen LogP contribution in [0.2, 0.25) is 0 Å². The molecular weight excluding hydrogens is 1900 g/mol. The largest absolute Gasteiger partial charge is 0.516 e. The van der Waals surface area contributed by atoms with E-state index in [2.05, 4.69) is 16.0 Å². The molecule has 0 aromatic rings. The molecule has 0 radical (unpaired) electrons. The van der Waals surface area contributed by atoms with Gasteiger partial charge in [0.1, 0.15) is 13.0 Å². The fourth-order valence-electron chi connectivity index (χ4n) is 5.43. The molecule has 0 saturated heterocycles. The highest BCUT2D eigenvalue weighted by Gasteiger charge is 2.85. The summed E-state index contributed by atoms with van der Waals surface area (Å²) < 4.78 is 495. The Kier molecular flexibility index (Phi) is 65.3. The minimum Gasteiger partial charge on any atom is -0.356 e. The highest BCUT2D eigenvalue weighted by atomic mass is 32.2. The number of amides is 12. The smallest absolute Gasteiger partial charge is 0.356 e. The predicted octanol–water partition coefficient (Wildman–Crippen LogP) is 10.8. The molecule has 0 aliphatic heterocycles. The standard InChI is InChI=1S/C10H18F3NO.C9H16F3NO.C6H4F9NO3S.C6H10F3NO.C5H6F3NO2.C4H6F3NO3S.C4H4F3NO2.C4H6F3NO.C3H4F3NO3S.C3H4F3NO2S/c1-9(15)14-8-6-4-2-3-5-7-10(11,12)13;1-8(14)13-7-5-3-2-4-6-9(10,11)12;1-2(17)16-20(18,19)6(14,15)4(9,10)3(7,8)5(11,12)13;1-5(11)10-4-2-3-6(7,8)9;1-3(10)9-4(11)2-5(6,7)8;1-3(9)8-12(10,11)2-4(5,6)7;1-2(9)8-3(10)4(5,6)7;1-3(9)8-2-4(5,6)7;1-2(8)7-11(9,10)3(4,5)6;1-2(8)7-10(9)3(4,5)6/h2-8H2,1H3,(H,14,15);2-7H2,1H3,(H,13,14);1H3,(H,16,17);2-4H2,1H3,(H,10,11);2H2,1H3,(H,9,10,11);2H2,1H3,(H,8,9);1H3,(H,8,9,10);2H2,1H3,(H,8,9);1H3,(H,7,8);1H3,(H,7,8). The number of hydrogen-bond acceptors (Lipinski definition) is 19. The summed E-state index contributed by atoms with van der Waals surface area (Å²) in [6, 6.07) is 0. The van der Waals surface area contributed by atoms with Gasteiger partial charge in [-0.15, -0.1) is 0 Å². The third-order valence-electron chi connectivity index (χ3n) is 9.96. The van der Waals surface area contributed by atoms with Crippen LogP contribution in [0.15, 0.2) is 0 Å². The second kappa shape index (κ2) is 59.4. The zero-order valence-electron chi connectivity index (χ0n) is 63.9. The third kappa shape index (κ3) is 92.5. The van der Waals surface area contributed by atoms with Crippen molar-refractivity contribution in [2.45, 2.75) is 237 Å². The second-order valence-corrected chi connectivity index (χ2v) is 28.7. The number of carbonyl (C=O) groups is 12. The number of hydrogen-bond donors (Lipinski definition) is 10. The molecule has 0 heterocycles. The van der Waals surface area contributed by atoms with Crippen molar-refractivity contribution in [3.63, 3.8) is 0 Å². The Bertz CT molecular complexity index is 3570. The Balaban J connectivity index is -0.000000145. The average molecular weight is 1980 g/mol. The van der Waals surface area contributed by atoms with E-state index in [9.17, 15) is 245 Å². The molecule has 0 aliphatic rings. The minimum absolute atomic E-state index is 0.0525. The minimum atomic E-state index is -7.35. The van der Waals surface area contributed by atoms with Crippen molar-refractivity contribution >= 4 is 112 Å². The van der Waals surface area contributed by atoms with E-state index in [1.54, 1.807) is 5.32 Å². The monoisotopic (exact) mass is 1980 g/mol. The lowest BCUT2D eigenvalue weighted by Gasteiger charge is -2.32. The van der Waals surface area contributed by atoms with Crippen LogP contribution >= 0.6 is 0 Å². The van der Waals surface area contributed by atoms with Crippen LogP contribution in [0.1, 0.15) is 159 Å². The summed E-state index contributed by atoms with van der Waals surface area (Å²) in [5.74, 6) is -28.4. The molecule has 0 fully saturated rings. The first-order valence-corrected chi connectivity index (χ1v) is 37.3. The maximum atomic E-state index is 12.8. The quantitative estimate of drug-likeness (QED) is 0.0284. The van der Waals surface area contributed by atoms with Crippen LogP contribution in [0.4, 0.5) is 158 Å². The number of rotatable bonds is 26. The van der Waals surface area contributed by atoms with Gasteiger partial charge in [0.2, 0.25) is 86.0 Å². The third-order valence-corrected chi connectivity index (χ3v) is 14.8. The van der Waals surface area contributed by atoms with E-state index in [1.165, 1.54) is 35.5 Å².